The van der Waals surface area contributed by atoms with E-state index in [0.717, 1.165) is 0 Å². The molecule has 1 saturated heterocycles. The fourth-order valence-electron chi connectivity index (χ4n) is 2.33. The normalized spacial score (nSPS) is 30.6. The highest BCUT2D eigenvalue weighted by Gasteiger charge is 2.45. The molecule has 0 amide bonds. The van der Waals surface area contributed by atoms with Gasteiger partial charge in [0.2, 0.25) is 0 Å². The maximum atomic E-state index is 10.9. The summed E-state index contributed by atoms with van der Waals surface area (Å²) in [6.45, 7) is -0.469. The van der Waals surface area contributed by atoms with Gasteiger partial charge in [0.1, 0.15) is 30.2 Å². The molecule has 2 aromatic rings. The smallest absolute Gasteiger partial charge is 0.387 e. The number of nitrogen functional groups attached to an aromatic ring is 1. The van der Waals surface area contributed by atoms with E-state index in [4.69, 9.17) is 20.9 Å². The van der Waals surface area contributed by atoms with Crippen LogP contribution in [0.5, 0.6) is 0 Å². The van der Waals surface area contributed by atoms with Crippen LogP contribution in [-0.2, 0) is 13.8 Å². The van der Waals surface area contributed by atoms with Crippen molar-refractivity contribution in [1.82, 2.24) is 19.5 Å². The highest BCUT2D eigenvalue weighted by Crippen LogP contribution is 2.36. The molecule has 3 rings (SSSR count). The molecule has 1 aliphatic rings. The molecule has 5 unspecified atom stereocenters. The molecule has 13 heteroatoms. The molecule has 7 N–H and O–H groups in total. The number of anilines is 1. The Morgan fingerprint density at radius 2 is 2.09 bits per heavy atom. The Bertz CT molecular complexity index is 763. The van der Waals surface area contributed by atoms with E-state index in [2.05, 4.69) is 19.5 Å². The van der Waals surface area contributed by atoms with Gasteiger partial charge in [-0.2, -0.15) is 0 Å². The Kier molecular flexibility index (Phi) is 4.06. The van der Waals surface area contributed by atoms with E-state index >= 15 is 0 Å². The zero-order valence-corrected chi connectivity index (χ0v) is 12.5. The number of fused-ring (bicyclic) bond motifs is 1. The fourth-order valence-corrected chi connectivity index (χ4v) is 2.69. The summed E-state index contributed by atoms with van der Waals surface area (Å²) in [6, 6.07) is 0. The summed E-state index contributed by atoms with van der Waals surface area (Å²) >= 11 is 0. The number of hydrogen-bond acceptors (Lipinski definition) is 9. The second kappa shape index (κ2) is 5.76. The fraction of sp³-hybridized carbons (Fsp3) is 0.500. The third-order valence-electron chi connectivity index (χ3n) is 3.42. The first-order chi connectivity index (χ1) is 10.8. The monoisotopic (exact) mass is 346 g/mol. The van der Waals surface area contributed by atoms with Gasteiger partial charge in [0, 0.05) is 0 Å². The summed E-state index contributed by atoms with van der Waals surface area (Å²) < 4.78 is 22.3. The van der Waals surface area contributed by atoms with Gasteiger partial charge in [0.05, 0.1) is 12.9 Å². The summed E-state index contributed by atoms with van der Waals surface area (Å²) in [4.78, 5) is 20.8. The van der Waals surface area contributed by atoms with Gasteiger partial charge in [-0.1, -0.05) is 0 Å². The van der Waals surface area contributed by atoms with Gasteiger partial charge in [0.15, 0.2) is 17.7 Å². The van der Waals surface area contributed by atoms with Crippen LogP contribution in [0.25, 0.3) is 11.2 Å². The van der Waals surface area contributed by atoms with Gasteiger partial charge < -0.3 is 25.6 Å². The molecule has 126 valence electrons. The number of aliphatic hydroxyl groups is 2. The van der Waals surface area contributed by atoms with Crippen molar-refractivity contribution in [3.05, 3.63) is 12.7 Å². The highest BCUT2D eigenvalue weighted by molar-refractivity contribution is 7.50. The molecular weight excluding hydrogens is 331 g/mol. The number of rotatable bonds is 4. The van der Waals surface area contributed by atoms with Crippen LogP contribution in [0.3, 0.4) is 0 Å². The van der Waals surface area contributed by atoms with Gasteiger partial charge in [-0.05, 0) is 0 Å². The van der Waals surface area contributed by atoms with E-state index in [-0.39, 0.29) is 5.82 Å². The predicted molar refractivity (Wildman–Crippen MR) is 75.6 cm³/mol. The molecule has 1 fully saturated rings. The van der Waals surface area contributed by atoms with Crippen molar-refractivity contribution in [3.63, 3.8) is 0 Å². The standard InChI is InChI=1S/C10H15N6O6P/c11-8-5-9(14-2-13-8)16(3-15-5)10-7(18)6(17)4(22-10)1-21-23(12,19)20/h2-4,6-7,10,17-18H,1H2,(H2,11,13,14)(H3,12,19,20). The first-order valence-corrected chi connectivity index (χ1v) is 8.13. The molecule has 5 atom stereocenters. The van der Waals surface area contributed by atoms with Crippen LogP contribution in [0.1, 0.15) is 6.23 Å². The third kappa shape index (κ3) is 3.05. The number of imidazole rings is 1. The Balaban J connectivity index is 1.85. The molecule has 23 heavy (non-hydrogen) atoms. The van der Waals surface area contributed by atoms with Gasteiger partial charge in [0.25, 0.3) is 0 Å². The molecule has 0 aromatic carbocycles. The summed E-state index contributed by atoms with van der Waals surface area (Å²) in [6.07, 6.45) is -2.23. The second-order valence-electron chi connectivity index (χ2n) is 4.99. The van der Waals surface area contributed by atoms with Crippen molar-refractivity contribution < 1.29 is 28.9 Å². The second-order valence-corrected chi connectivity index (χ2v) is 6.38. The molecule has 0 radical (unpaired) electrons. The summed E-state index contributed by atoms with van der Waals surface area (Å²) in [5.74, 6) is 0.158. The molecule has 2 aromatic heterocycles. The Morgan fingerprint density at radius 1 is 1.35 bits per heavy atom. The number of ether oxygens (including phenoxy) is 1. The van der Waals surface area contributed by atoms with Gasteiger partial charge >= 0.3 is 7.75 Å². The lowest BCUT2D eigenvalue weighted by molar-refractivity contribution is -0.0484. The zero-order valence-electron chi connectivity index (χ0n) is 11.6. The molecule has 12 nitrogen and oxygen atoms in total. The number of nitrogens with zero attached hydrogens (tertiary/aromatic N) is 4. The van der Waals surface area contributed by atoms with Crippen molar-refractivity contribution in [1.29, 1.82) is 0 Å². The minimum absolute atomic E-state index is 0.158. The van der Waals surface area contributed by atoms with Crippen molar-refractivity contribution >= 4 is 24.7 Å². The number of nitrogens with two attached hydrogens (primary N) is 2. The third-order valence-corrected chi connectivity index (χ3v) is 3.94. The molecule has 0 saturated carbocycles. The first-order valence-electron chi connectivity index (χ1n) is 6.48. The van der Waals surface area contributed by atoms with Crippen LogP contribution < -0.4 is 11.2 Å². The quantitative estimate of drug-likeness (QED) is 0.388. The Morgan fingerprint density at radius 3 is 2.78 bits per heavy atom. The minimum atomic E-state index is -4.22. The number of aliphatic hydroxyl groups excluding tert-OH is 2. The first kappa shape index (κ1) is 16.2. The summed E-state index contributed by atoms with van der Waals surface area (Å²) in [5, 5.41) is 20.1. The van der Waals surface area contributed by atoms with Crippen LogP contribution >= 0.6 is 7.75 Å². The largest absolute Gasteiger partial charge is 0.400 e. The van der Waals surface area contributed by atoms with Crippen molar-refractivity contribution in [2.45, 2.75) is 24.5 Å². The topological polar surface area (TPSA) is 192 Å². The van der Waals surface area contributed by atoms with E-state index < -0.39 is 38.9 Å². The molecule has 0 spiro atoms. The maximum Gasteiger partial charge on any atom is 0.400 e. The summed E-state index contributed by atoms with van der Waals surface area (Å²) in [5.41, 5.74) is 11.2. The average molecular weight is 346 g/mol. The SMILES string of the molecule is Nc1ncnc2c1ncn2C1OC(COP(N)(=O)O)C(O)C1O. The number of hydrogen-bond donors (Lipinski definition) is 5. The van der Waals surface area contributed by atoms with Crippen molar-refractivity contribution in [2.75, 3.05) is 12.3 Å². The molecule has 1 aliphatic heterocycles. The predicted octanol–water partition coefficient (Wildman–Crippen LogP) is -1.90. The van der Waals surface area contributed by atoms with Gasteiger partial charge in [-0.25, -0.2) is 25.0 Å². The van der Waals surface area contributed by atoms with Crippen LogP contribution in [-0.4, -0.2) is 59.5 Å². The lowest BCUT2D eigenvalue weighted by Gasteiger charge is -2.16. The highest BCUT2D eigenvalue weighted by atomic mass is 31.2. The molecule has 3 heterocycles. The zero-order chi connectivity index (χ0) is 16.8. The lowest BCUT2D eigenvalue weighted by atomic mass is 10.1. The average Bonchev–Trinajstić information content (AvgIpc) is 3.01. The number of aromatic nitrogens is 4. The minimum Gasteiger partial charge on any atom is -0.387 e. The Labute approximate surface area is 129 Å². The Hall–Kier alpha value is -1.66. The lowest BCUT2D eigenvalue weighted by Crippen LogP contribution is -2.33. The maximum absolute atomic E-state index is 10.9. The van der Waals surface area contributed by atoms with Crippen LogP contribution in [0.2, 0.25) is 0 Å². The molecule has 0 aliphatic carbocycles. The van der Waals surface area contributed by atoms with Crippen LogP contribution in [0.15, 0.2) is 12.7 Å². The van der Waals surface area contributed by atoms with E-state index in [1.165, 1.54) is 17.2 Å². The van der Waals surface area contributed by atoms with E-state index in [9.17, 15) is 14.8 Å². The van der Waals surface area contributed by atoms with Crippen LogP contribution in [0.4, 0.5) is 5.82 Å². The van der Waals surface area contributed by atoms with E-state index in [0.29, 0.717) is 11.2 Å². The van der Waals surface area contributed by atoms with Crippen LogP contribution in [0, 0.1) is 0 Å². The van der Waals surface area contributed by atoms with Gasteiger partial charge in [-0.3, -0.25) is 9.09 Å². The van der Waals surface area contributed by atoms with E-state index in [1.54, 1.807) is 0 Å². The van der Waals surface area contributed by atoms with Crippen molar-refractivity contribution in [3.8, 4) is 0 Å². The van der Waals surface area contributed by atoms with Crippen molar-refractivity contribution in [2.24, 2.45) is 5.50 Å². The van der Waals surface area contributed by atoms with E-state index in [1.807, 2.05) is 0 Å². The summed E-state index contributed by atoms with van der Waals surface area (Å²) in [7, 11) is -4.22. The van der Waals surface area contributed by atoms with Gasteiger partial charge in [-0.15, -0.1) is 0 Å². The molecule has 0 bridgehead atoms. The molecular formula is C10H15N6O6P.